The highest BCUT2D eigenvalue weighted by molar-refractivity contribution is 7.11. The number of likely N-dealkylation sites (tertiary alicyclic amines) is 1. The molecule has 2 heterocycles. The zero-order valence-electron chi connectivity index (χ0n) is 14.3. The van der Waals surface area contributed by atoms with Crippen LogP contribution in [-0.2, 0) is 6.54 Å². The maximum atomic E-state index is 4.55. The molecule has 0 aliphatic carbocycles. The molecule has 0 radical (unpaired) electrons. The number of nitrogens with one attached hydrogen (secondary N) is 2. The van der Waals surface area contributed by atoms with Gasteiger partial charge in [-0.25, -0.2) is 4.98 Å². The van der Waals surface area contributed by atoms with Crippen molar-refractivity contribution in [2.75, 3.05) is 33.2 Å². The van der Waals surface area contributed by atoms with Gasteiger partial charge in [0.15, 0.2) is 5.96 Å². The highest BCUT2D eigenvalue weighted by Crippen LogP contribution is 2.16. The van der Waals surface area contributed by atoms with E-state index in [1.165, 1.54) is 37.4 Å². The van der Waals surface area contributed by atoms with E-state index in [4.69, 9.17) is 0 Å². The van der Waals surface area contributed by atoms with Crippen molar-refractivity contribution in [1.82, 2.24) is 20.5 Å². The predicted octanol–water partition coefficient (Wildman–Crippen LogP) is 2.16. The molecule has 2 N–H and O–H groups in total. The van der Waals surface area contributed by atoms with E-state index in [1.807, 2.05) is 7.05 Å². The lowest BCUT2D eigenvalue weighted by Crippen LogP contribution is -2.39. The summed E-state index contributed by atoms with van der Waals surface area (Å²) >= 11 is 1.75. The lowest BCUT2D eigenvalue weighted by molar-refractivity contribution is 0.324. The van der Waals surface area contributed by atoms with E-state index in [2.05, 4.69) is 46.3 Å². The Balaban J connectivity index is 1.71. The molecule has 22 heavy (non-hydrogen) atoms. The average Bonchev–Trinajstić information content (AvgIpc) is 3.07. The van der Waals surface area contributed by atoms with Crippen molar-refractivity contribution in [2.24, 2.45) is 10.9 Å². The molecule has 1 saturated heterocycles. The Bertz CT molecular complexity index is 477. The first-order valence-corrected chi connectivity index (χ1v) is 9.03. The first kappa shape index (κ1) is 17.2. The molecule has 1 atom stereocenters. The number of thiazole rings is 1. The highest BCUT2D eigenvalue weighted by atomic mass is 32.1. The topological polar surface area (TPSA) is 52.5 Å². The summed E-state index contributed by atoms with van der Waals surface area (Å²) in [6.07, 6.45) is 2.53. The van der Waals surface area contributed by atoms with Crippen LogP contribution >= 0.6 is 11.3 Å². The van der Waals surface area contributed by atoms with Gasteiger partial charge < -0.3 is 15.5 Å². The van der Waals surface area contributed by atoms with Crippen LogP contribution in [-0.4, -0.2) is 49.1 Å². The first-order chi connectivity index (χ1) is 10.6. The van der Waals surface area contributed by atoms with Gasteiger partial charge >= 0.3 is 0 Å². The lowest BCUT2D eigenvalue weighted by Gasteiger charge is -2.16. The molecule has 0 bridgehead atoms. The third-order valence-corrected chi connectivity index (χ3v) is 5.24. The summed E-state index contributed by atoms with van der Waals surface area (Å²) in [7, 11) is 1.83. The fraction of sp³-hybridized carbons (Fsp3) is 0.750. The van der Waals surface area contributed by atoms with Crippen LogP contribution in [0.4, 0.5) is 0 Å². The lowest BCUT2D eigenvalue weighted by atomic mass is 10.1. The third-order valence-electron chi connectivity index (χ3n) is 4.17. The van der Waals surface area contributed by atoms with Crippen LogP contribution in [0, 0.1) is 19.8 Å². The number of aryl methyl sites for hydroxylation is 2. The molecule has 1 aliphatic rings. The summed E-state index contributed by atoms with van der Waals surface area (Å²) in [5.41, 5.74) is 1.13. The summed E-state index contributed by atoms with van der Waals surface area (Å²) in [4.78, 5) is 12.7. The van der Waals surface area contributed by atoms with Crippen molar-refractivity contribution >= 4 is 17.3 Å². The number of aliphatic imine (C=N–C) groups is 1. The summed E-state index contributed by atoms with van der Waals surface area (Å²) in [5.74, 6) is 1.61. The van der Waals surface area contributed by atoms with Crippen LogP contribution < -0.4 is 10.6 Å². The van der Waals surface area contributed by atoms with Gasteiger partial charge in [-0.2, -0.15) is 0 Å². The van der Waals surface area contributed by atoms with Crippen LogP contribution in [0.15, 0.2) is 4.99 Å². The molecular weight excluding hydrogens is 294 g/mol. The van der Waals surface area contributed by atoms with E-state index in [-0.39, 0.29) is 0 Å². The van der Waals surface area contributed by atoms with Crippen molar-refractivity contribution in [3.63, 3.8) is 0 Å². The Morgan fingerprint density at radius 3 is 2.86 bits per heavy atom. The van der Waals surface area contributed by atoms with Crippen LogP contribution in [0.25, 0.3) is 0 Å². The van der Waals surface area contributed by atoms with Crippen molar-refractivity contribution in [3.05, 3.63) is 15.6 Å². The fourth-order valence-electron chi connectivity index (χ4n) is 2.83. The minimum absolute atomic E-state index is 0.731. The molecule has 0 aromatic carbocycles. The van der Waals surface area contributed by atoms with Crippen LogP contribution in [0.1, 0.15) is 35.3 Å². The van der Waals surface area contributed by atoms with E-state index >= 15 is 0 Å². The van der Waals surface area contributed by atoms with Gasteiger partial charge in [0.05, 0.1) is 12.2 Å². The van der Waals surface area contributed by atoms with E-state index in [1.54, 1.807) is 11.3 Å². The molecule has 1 fully saturated rings. The van der Waals surface area contributed by atoms with Crippen LogP contribution in [0.2, 0.25) is 0 Å². The van der Waals surface area contributed by atoms with E-state index in [0.29, 0.717) is 0 Å². The van der Waals surface area contributed by atoms with Crippen molar-refractivity contribution in [1.29, 1.82) is 0 Å². The summed E-state index contributed by atoms with van der Waals surface area (Å²) < 4.78 is 0. The third kappa shape index (κ3) is 4.95. The predicted molar refractivity (Wildman–Crippen MR) is 94.6 cm³/mol. The number of guanidine groups is 1. The standard InChI is InChI=1S/C16H29N5S/c1-5-7-21-8-6-14(11-21)9-18-16(17-4)19-10-15-20-12(2)13(3)22-15/h14H,5-11H2,1-4H3,(H2,17,18,19). The normalized spacial score (nSPS) is 19.6. The van der Waals surface area contributed by atoms with Crippen LogP contribution in [0.5, 0.6) is 0 Å². The number of aromatic nitrogens is 1. The first-order valence-electron chi connectivity index (χ1n) is 8.22. The van der Waals surface area contributed by atoms with E-state index in [9.17, 15) is 0 Å². The van der Waals surface area contributed by atoms with E-state index in [0.717, 1.165) is 35.7 Å². The smallest absolute Gasteiger partial charge is 0.191 e. The molecule has 0 amide bonds. The number of hydrogen-bond donors (Lipinski definition) is 2. The average molecular weight is 324 g/mol. The van der Waals surface area contributed by atoms with Crippen molar-refractivity contribution < 1.29 is 0 Å². The molecule has 1 unspecified atom stereocenters. The second kappa shape index (κ2) is 8.48. The molecule has 1 aromatic rings. The molecular formula is C16H29N5S. The Labute approximate surface area is 138 Å². The Morgan fingerprint density at radius 2 is 2.23 bits per heavy atom. The summed E-state index contributed by atoms with van der Waals surface area (Å²) in [5, 5.41) is 7.93. The zero-order valence-corrected chi connectivity index (χ0v) is 15.1. The summed E-state index contributed by atoms with van der Waals surface area (Å²) in [6.45, 7) is 11.8. The number of nitrogens with zero attached hydrogens (tertiary/aromatic N) is 3. The monoisotopic (exact) mass is 323 g/mol. The SMILES string of the molecule is CCCN1CCC(CNC(=NC)NCc2nc(C)c(C)s2)C1. The molecule has 124 valence electrons. The van der Waals surface area contributed by atoms with Gasteiger partial charge in [0.2, 0.25) is 0 Å². The minimum Gasteiger partial charge on any atom is -0.356 e. The van der Waals surface area contributed by atoms with Gasteiger partial charge in [-0.1, -0.05) is 6.92 Å². The molecule has 2 rings (SSSR count). The zero-order chi connectivity index (χ0) is 15.9. The molecule has 6 heteroatoms. The van der Waals surface area contributed by atoms with Gasteiger partial charge in [0.25, 0.3) is 0 Å². The Hall–Kier alpha value is -1.14. The second-order valence-electron chi connectivity index (χ2n) is 6.01. The van der Waals surface area contributed by atoms with E-state index < -0.39 is 0 Å². The molecule has 0 saturated carbocycles. The van der Waals surface area contributed by atoms with Crippen molar-refractivity contribution in [3.8, 4) is 0 Å². The molecule has 1 aliphatic heterocycles. The summed E-state index contributed by atoms with van der Waals surface area (Å²) in [6, 6.07) is 0. The van der Waals surface area contributed by atoms with Gasteiger partial charge in [0.1, 0.15) is 5.01 Å². The Morgan fingerprint density at radius 1 is 1.41 bits per heavy atom. The second-order valence-corrected chi connectivity index (χ2v) is 7.30. The van der Waals surface area contributed by atoms with Gasteiger partial charge in [-0.05, 0) is 45.7 Å². The van der Waals surface area contributed by atoms with Crippen molar-refractivity contribution in [2.45, 2.75) is 40.2 Å². The Kier molecular flexibility index (Phi) is 6.64. The van der Waals surface area contributed by atoms with Gasteiger partial charge in [-0.15, -0.1) is 11.3 Å². The number of rotatable bonds is 6. The molecule has 0 spiro atoms. The maximum absolute atomic E-state index is 4.55. The largest absolute Gasteiger partial charge is 0.356 e. The quantitative estimate of drug-likeness (QED) is 0.622. The van der Waals surface area contributed by atoms with Gasteiger partial charge in [-0.3, -0.25) is 4.99 Å². The number of hydrogen-bond acceptors (Lipinski definition) is 4. The maximum Gasteiger partial charge on any atom is 0.191 e. The minimum atomic E-state index is 0.731. The molecule has 5 nitrogen and oxygen atoms in total. The van der Waals surface area contributed by atoms with Gasteiger partial charge in [0, 0.05) is 25.0 Å². The highest BCUT2D eigenvalue weighted by Gasteiger charge is 2.21. The molecule has 1 aromatic heterocycles. The van der Waals surface area contributed by atoms with Crippen LogP contribution in [0.3, 0.4) is 0 Å². The fourth-order valence-corrected chi connectivity index (χ4v) is 3.71.